The zero-order valence-electron chi connectivity index (χ0n) is 10.2. The van der Waals surface area contributed by atoms with Gasteiger partial charge in [-0.15, -0.1) is 0 Å². The summed E-state index contributed by atoms with van der Waals surface area (Å²) in [6.45, 7) is 2.93. The molecule has 1 amide bonds. The van der Waals surface area contributed by atoms with E-state index in [0.29, 0.717) is 17.4 Å². The SMILES string of the molecule is CC1CCCCCN1C(=O)c1cccnc1N. The molecule has 0 radical (unpaired) electrons. The Morgan fingerprint density at radius 3 is 3.06 bits per heavy atom. The lowest BCUT2D eigenvalue weighted by Gasteiger charge is -2.27. The third-order valence-corrected chi connectivity index (χ3v) is 3.38. The molecule has 4 nitrogen and oxygen atoms in total. The van der Waals surface area contributed by atoms with E-state index in [1.807, 2.05) is 4.90 Å². The van der Waals surface area contributed by atoms with E-state index in [4.69, 9.17) is 5.73 Å². The highest BCUT2D eigenvalue weighted by Gasteiger charge is 2.24. The second kappa shape index (κ2) is 5.17. The van der Waals surface area contributed by atoms with Gasteiger partial charge < -0.3 is 10.6 Å². The van der Waals surface area contributed by atoms with Gasteiger partial charge in [0.05, 0.1) is 5.56 Å². The topological polar surface area (TPSA) is 59.2 Å². The Kier molecular flexibility index (Phi) is 3.61. The lowest BCUT2D eigenvalue weighted by molar-refractivity contribution is 0.0698. The number of hydrogen-bond acceptors (Lipinski definition) is 3. The molecule has 1 aliphatic rings. The number of carbonyl (C=O) groups is 1. The third kappa shape index (κ3) is 2.57. The van der Waals surface area contributed by atoms with Crippen LogP contribution in [-0.2, 0) is 0 Å². The molecule has 2 heterocycles. The maximum absolute atomic E-state index is 12.4. The molecule has 1 aromatic rings. The molecule has 0 bridgehead atoms. The second-order valence-corrected chi connectivity index (χ2v) is 4.63. The van der Waals surface area contributed by atoms with Gasteiger partial charge in [-0.25, -0.2) is 4.98 Å². The van der Waals surface area contributed by atoms with Crippen molar-refractivity contribution in [2.75, 3.05) is 12.3 Å². The molecule has 1 unspecified atom stereocenters. The van der Waals surface area contributed by atoms with Crippen LogP contribution in [0, 0.1) is 0 Å². The van der Waals surface area contributed by atoms with E-state index in [1.165, 1.54) is 12.8 Å². The number of amides is 1. The first-order valence-electron chi connectivity index (χ1n) is 6.21. The molecule has 1 aromatic heterocycles. The van der Waals surface area contributed by atoms with E-state index in [2.05, 4.69) is 11.9 Å². The molecule has 4 heteroatoms. The largest absolute Gasteiger partial charge is 0.383 e. The molecule has 0 spiro atoms. The van der Waals surface area contributed by atoms with Crippen LogP contribution in [0.25, 0.3) is 0 Å². The molecule has 2 N–H and O–H groups in total. The average molecular weight is 233 g/mol. The first-order chi connectivity index (χ1) is 8.20. The molecule has 0 saturated carbocycles. The Hall–Kier alpha value is -1.58. The smallest absolute Gasteiger partial charge is 0.257 e. The monoisotopic (exact) mass is 233 g/mol. The van der Waals surface area contributed by atoms with E-state index in [-0.39, 0.29) is 5.91 Å². The van der Waals surface area contributed by atoms with Gasteiger partial charge in [0, 0.05) is 18.8 Å². The molecule has 0 aliphatic carbocycles. The number of nitrogens with zero attached hydrogens (tertiary/aromatic N) is 2. The van der Waals surface area contributed by atoms with Crippen molar-refractivity contribution >= 4 is 11.7 Å². The third-order valence-electron chi connectivity index (χ3n) is 3.38. The van der Waals surface area contributed by atoms with E-state index >= 15 is 0 Å². The van der Waals surface area contributed by atoms with Crippen molar-refractivity contribution in [2.24, 2.45) is 0 Å². The van der Waals surface area contributed by atoms with E-state index in [9.17, 15) is 4.79 Å². The highest BCUT2D eigenvalue weighted by atomic mass is 16.2. The Morgan fingerprint density at radius 1 is 1.47 bits per heavy atom. The number of rotatable bonds is 1. The number of likely N-dealkylation sites (tertiary alicyclic amines) is 1. The molecule has 0 aromatic carbocycles. The van der Waals surface area contributed by atoms with Crippen molar-refractivity contribution in [3.05, 3.63) is 23.9 Å². The second-order valence-electron chi connectivity index (χ2n) is 4.63. The first-order valence-corrected chi connectivity index (χ1v) is 6.21. The molecule has 1 atom stereocenters. The average Bonchev–Trinajstić information content (AvgIpc) is 2.54. The molecule has 17 heavy (non-hydrogen) atoms. The maximum Gasteiger partial charge on any atom is 0.257 e. The molecule has 1 saturated heterocycles. The van der Waals surface area contributed by atoms with E-state index in [0.717, 1.165) is 19.4 Å². The molecular formula is C13H19N3O. The number of nitrogens with two attached hydrogens (primary N) is 1. The van der Waals surface area contributed by atoms with Crippen LogP contribution in [0.2, 0.25) is 0 Å². The summed E-state index contributed by atoms with van der Waals surface area (Å²) in [6.07, 6.45) is 6.17. The normalized spacial score (nSPS) is 21.0. The minimum Gasteiger partial charge on any atom is -0.383 e. The highest BCUT2D eigenvalue weighted by Crippen LogP contribution is 2.20. The fraction of sp³-hybridized carbons (Fsp3) is 0.538. The van der Waals surface area contributed by atoms with Crippen molar-refractivity contribution in [3.8, 4) is 0 Å². The van der Waals surface area contributed by atoms with Gasteiger partial charge in [-0.05, 0) is 31.9 Å². The van der Waals surface area contributed by atoms with Gasteiger partial charge >= 0.3 is 0 Å². The van der Waals surface area contributed by atoms with Crippen LogP contribution in [0.3, 0.4) is 0 Å². The Bertz CT molecular complexity index is 405. The highest BCUT2D eigenvalue weighted by molar-refractivity contribution is 5.98. The van der Waals surface area contributed by atoms with Gasteiger partial charge in [0.25, 0.3) is 5.91 Å². The summed E-state index contributed by atoms with van der Waals surface area (Å²) in [7, 11) is 0. The Morgan fingerprint density at radius 2 is 2.29 bits per heavy atom. The van der Waals surface area contributed by atoms with Crippen LogP contribution < -0.4 is 5.73 Å². The van der Waals surface area contributed by atoms with Gasteiger partial charge in [-0.2, -0.15) is 0 Å². The summed E-state index contributed by atoms with van der Waals surface area (Å²) in [5.41, 5.74) is 6.28. The number of aromatic nitrogens is 1. The van der Waals surface area contributed by atoms with Gasteiger partial charge in [-0.1, -0.05) is 12.8 Å². The van der Waals surface area contributed by atoms with Crippen molar-refractivity contribution in [2.45, 2.75) is 38.6 Å². The van der Waals surface area contributed by atoms with Gasteiger partial charge in [0.15, 0.2) is 0 Å². The minimum absolute atomic E-state index is 0.0185. The van der Waals surface area contributed by atoms with Crippen molar-refractivity contribution in [1.29, 1.82) is 0 Å². The quantitative estimate of drug-likeness (QED) is 0.807. The maximum atomic E-state index is 12.4. The van der Waals surface area contributed by atoms with Crippen LogP contribution in [0.5, 0.6) is 0 Å². The fourth-order valence-corrected chi connectivity index (χ4v) is 2.33. The van der Waals surface area contributed by atoms with Crippen molar-refractivity contribution < 1.29 is 4.79 Å². The Balaban J connectivity index is 2.21. The summed E-state index contributed by atoms with van der Waals surface area (Å²) in [5, 5.41) is 0. The van der Waals surface area contributed by atoms with Crippen molar-refractivity contribution in [3.63, 3.8) is 0 Å². The molecule has 1 aliphatic heterocycles. The lowest BCUT2D eigenvalue weighted by Crippen LogP contribution is -2.38. The first kappa shape index (κ1) is 11.9. The molecule has 2 rings (SSSR count). The lowest BCUT2D eigenvalue weighted by atomic mass is 10.1. The zero-order valence-corrected chi connectivity index (χ0v) is 10.2. The number of hydrogen-bond donors (Lipinski definition) is 1. The number of nitrogen functional groups attached to an aromatic ring is 1. The molecule has 92 valence electrons. The van der Waals surface area contributed by atoms with E-state index < -0.39 is 0 Å². The zero-order chi connectivity index (χ0) is 12.3. The Labute approximate surface area is 102 Å². The fourth-order valence-electron chi connectivity index (χ4n) is 2.33. The summed E-state index contributed by atoms with van der Waals surface area (Å²) in [6, 6.07) is 3.80. The van der Waals surface area contributed by atoms with Crippen molar-refractivity contribution in [1.82, 2.24) is 9.88 Å². The summed E-state index contributed by atoms with van der Waals surface area (Å²) in [5.74, 6) is 0.346. The number of carbonyl (C=O) groups excluding carboxylic acids is 1. The minimum atomic E-state index is 0.0185. The number of anilines is 1. The summed E-state index contributed by atoms with van der Waals surface area (Å²) >= 11 is 0. The molecular weight excluding hydrogens is 214 g/mol. The van der Waals surface area contributed by atoms with Gasteiger partial charge in [0.1, 0.15) is 5.82 Å². The number of pyridine rings is 1. The molecule has 1 fully saturated rings. The predicted octanol–water partition coefficient (Wildman–Crippen LogP) is 2.07. The van der Waals surface area contributed by atoms with Gasteiger partial charge in [0.2, 0.25) is 0 Å². The van der Waals surface area contributed by atoms with Crippen LogP contribution in [0.15, 0.2) is 18.3 Å². The predicted molar refractivity (Wildman–Crippen MR) is 67.6 cm³/mol. The van der Waals surface area contributed by atoms with E-state index in [1.54, 1.807) is 18.3 Å². The van der Waals surface area contributed by atoms with Crippen LogP contribution in [0.1, 0.15) is 43.0 Å². The van der Waals surface area contributed by atoms with Crippen LogP contribution in [0.4, 0.5) is 5.82 Å². The summed E-state index contributed by atoms with van der Waals surface area (Å²) in [4.78, 5) is 18.3. The summed E-state index contributed by atoms with van der Waals surface area (Å²) < 4.78 is 0. The van der Waals surface area contributed by atoms with Crippen LogP contribution >= 0.6 is 0 Å². The standard InChI is InChI=1S/C13H19N3O/c1-10-6-3-2-4-9-16(10)13(17)11-7-5-8-15-12(11)14/h5,7-8,10H,2-4,6,9H2,1H3,(H2,14,15). The van der Waals surface area contributed by atoms with Crippen LogP contribution in [-0.4, -0.2) is 28.4 Å². The van der Waals surface area contributed by atoms with Gasteiger partial charge in [-0.3, -0.25) is 4.79 Å².